The molecule has 0 spiro atoms. The van der Waals surface area contributed by atoms with Crippen molar-refractivity contribution in [1.29, 1.82) is 0 Å². The number of sulfonamides is 1. The number of hydrogen-bond donors (Lipinski definition) is 1. The second-order valence-corrected chi connectivity index (χ2v) is 6.90. The van der Waals surface area contributed by atoms with Gasteiger partial charge in [-0.15, -0.1) is 0 Å². The van der Waals surface area contributed by atoms with Crippen LogP contribution >= 0.6 is 12.2 Å². The van der Waals surface area contributed by atoms with Gasteiger partial charge in [-0.25, -0.2) is 8.42 Å². The highest BCUT2D eigenvalue weighted by Crippen LogP contribution is 2.18. The van der Waals surface area contributed by atoms with E-state index in [2.05, 4.69) is 0 Å². The Morgan fingerprint density at radius 3 is 2.16 bits per heavy atom. The highest BCUT2D eigenvalue weighted by molar-refractivity contribution is 7.89. The van der Waals surface area contributed by atoms with E-state index in [1.54, 1.807) is 24.3 Å². The zero-order valence-electron chi connectivity index (χ0n) is 10.7. The van der Waals surface area contributed by atoms with Gasteiger partial charge in [0.15, 0.2) is 5.11 Å². The Morgan fingerprint density at radius 1 is 1.16 bits per heavy atom. The molecule has 1 aliphatic rings. The number of benzene rings is 1. The molecule has 104 valence electrons. The minimum atomic E-state index is -3.41. The molecule has 1 saturated heterocycles. The van der Waals surface area contributed by atoms with Gasteiger partial charge in [-0.2, -0.15) is 4.31 Å². The Kier molecular flexibility index (Phi) is 4.07. The minimum absolute atomic E-state index is 0.326. The molecule has 0 aliphatic carbocycles. The number of rotatable bonds is 2. The topological polar surface area (TPSA) is 66.6 Å². The largest absolute Gasteiger partial charge is 0.376 e. The normalized spacial score (nSPS) is 17.4. The molecule has 0 saturated carbocycles. The number of piperazine rings is 1. The van der Waals surface area contributed by atoms with Gasteiger partial charge in [0.25, 0.3) is 0 Å². The van der Waals surface area contributed by atoms with Crippen LogP contribution in [0.25, 0.3) is 0 Å². The van der Waals surface area contributed by atoms with Crippen LogP contribution < -0.4 is 5.73 Å². The minimum Gasteiger partial charge on any atom is -0.376 e. The van der Waals surface area contributed by atoms with E-state index in [4.69, 9.17) is 18.0 Å². The summed E-state index contributed by atoms with van der Waals surface area (Å²) in [4.78, 5) is 2.15. The fourth-order valence-electron chi connectivity index (χ4n) is 2.01. The molecule has 1 aromatic carbocycles. The summed E-state index contributed by atoms with van der Waals surface area (Å²) in [5.74, 6) is 0. The van der Waals surface area contributed by atoms with Crippen molar-refractivity contribution in [3.63, 3.8) is 0 Å². The molecule has 0 unspecified atom stereocenters. The lowest BCUT2D eigenvalue weighted by Gasteiger charge is -2.34. The van der Waals surface area contributed by atoms with Crippen LogP contribution in [0.3, 0.4) is 0 Å². The summed E-state index contributed by atoms with van der Waals surface area (Å²) in [6.07, 6.45) is 0. The second-order valence-electron chi connectivity index (χ2n) is 4.54. The molecular formula is C12H17N3O2S2. The van der Waals surface area contributed by atoms with E-state index >= 15 is 0 Å². The number of nitrogens with zero attached hydrogens (tertiary/aromatic N) is 2. The van der Waals surface area contributed by atoms with Gasteiger partial charge in [0, 0.05) is 26.2 Å². The summed E-state index contributed by atoms with van der Waals surface area (Å²) in [5.41, 5.74) is 6.58. The molecule has 0 radical (unpaired) electrons. The third-order valence-corrected chi connectivity index (χ3v) is 5.38. The molecule has 1 heterocycles. The standard InChI is InChI=1S/C12H17N3O2S2/c1-10-2-4-11(5-3-10)19(16,17)15-8-6-14(7-9-15)12(13)18/h2-5H,6-9H2,1H3,(H2,13,18). The first kappa shape index (κ1) is 14.2. The second kappa shape index (κ2) is 5.44. The molecule has 1 aromatic rings. The van der Waals surface area contributed by atoms with Gasteiger partial charge in [0.05, 0.1) is 4.90 Å². The van der Waals surface area contributed by atoms with E-state index in [0.717, 1.165) is 5.56 Å². The van der Waals surface area contributed by atoms with E-state index in [-0.39, 0.29) is 0 Å². The molecule has 0 bridgehead atoms. The fourth-order valence-corrected chi connectivity index (χ4v) is 3.61. The van der Waals surface area contributed by atoms with Crippen molar-refractivity contribution in [2.75, 3.05) is 26.2 Å². The Bertz CT molecular complexity index is 561. The van der Waals surface area contributed by atoms with E-state index in [0.29, 0.717) is 36.2 Å². The monoisotopic (exact) mass is 299 g/mol. The number of aryl methyl sites for hydroxylation is 1. The van der Waals surface area contributed by atoms with E-state index in [9.17, 15) is 8.42 Å². The zero-order chi connectivity index (χ0) is 14.0. The molecule has 2 N–H and O–H groups in total. The first-order valence-corrected chi connectivity index (χ1v) is 7.87. The van der Waals surface area contributed by atoms with Gasteiger partial charge in [0.1, 0.15) is 0 Å². The van der Waals surface area contributed by atoms with Crippen LogP contribution in [0, 0.1) is 6.92 Å². The lowest BCUT2D eigenvalue weighted by Crippen LogP contribution is -2.51. The molecule has 0 amide bonds. The van der Waals surface area contributed by atoms with Crippen LogP contribution in [-0.4, -0.2) is 48.9 Å². The highest BCUT2D eigenvalue weighted by atomic mass is 32.2. The fraction of sp³-hybridized carbons (Fsp3) is 0.417. The third kappa shape index (κ3) is 3.05. The molecule has 7 heteroatoms. The van der Waals surface area contributed by atoms with Crippen molar-refractivity contribution >= 4 is 27.4 Å². The SMILES string of the molecule is Cc1ccc(S(=O)(=O)N2CCN(C(N)=S)CC2)cc1. The van der Waals surface area contributed by atoms with Gasteiger partial charge in [0.2, 0.25) is 10.0 Å². The zero-order valence-corrected chi connectivity index (χ0v) is 12.4. The van der Waals surface area contributed by atoms with Crippen molar-refractivity contribution in [1.82, 2.24) is 9.21 Å². The summed E-state index contributed by atoms with van der Waals surface area (Å²) < 4.78 is 26.3. The summed E-state index contributed by atoms with van der Waals surface area (Å²) >= 11 is 4.89. The van der Waals surface area contributed by atoms with Gasteiger partial charge >= 0.3 is 0 Å². The summed E-state index contributed by atoms with van der Waals surface area (Å²) in [6.45, 7) is 3.83. The average Bonchev–Trinajstić information content (AvgIpc) is 2.39. The molecule has 1 fully saturated rings. The van der Waals surface area contributed by atoms with Gasteiger partial charge in [-0.05, 0) is 31.3 Å². The first-order chi connectivity index (χ1) is 8.91. The quantitative estimate of drug-likeness (QED) is 0.808. The molecule has 0 aromatic heterocycles. The number of hydrogen-bond acceptors (Lipinski definition) is 3. The average molecular weight is 299 g/mol. The Balaban J connectivity index is 2.14. The third-order valence-electron chi connectivity index (χ3n) is 3.21. The van der Waals surface area contributed by atoms with Crippen molar-refractivity contribution < 1.29 is 8.42 Å². The van der Waals surface area contributed by atoms with Crippen LogP contribution in [0.4, 0.5) is 0 Å². The lowest BCUT2D eigenvalue weighted by atomic mass is 10.2. The number of thiocarbonyl (C=S) groups is 1. The number of nitrogens with two attached hydrogens (primary N) is 1. The molecule has 5 nitrogen and oxygen atoms in total. The van der Waals surface area contributed by atoms with Crippen molar-refractivity contribution in [2.24, 2.45) is 5.73 Å². The van der Waals surface area contributed by atoms with Crippen molar-refractivity contribution in [3.05, 3.63) is 29.8 Å². The maximum absolute atomic E-state index is 12.4. The summed E-state index contributed by atoms with van der Waals surface area (Å²) in [7, 11) is -3.41. The summed E-state index contributed by atoms with van der Waals surface area (Å²) in [5, 5.41) is 0.326. The van der Waals surface area contributed by atoms with Crippen LogP contribution in [-0.2, 0) is 10.0 Å². The van der Waals surface area contributed by atoms with Gasteiger partial charge in [-0.3, -0.25) is 0 Å². The predicted molar refractivity (Wildman–Crippen MR) is 78.3 cm³/mol. The Hall–Kier alpha value is -1.18. The maximum atomic E-state index is 12.4. The first-order valence-electron chi connectivity index (χ1n) is 6.02. The Labute approximate surface area is 119 Å². The summed E-state index contributed by atoms with van der Waals surface area (Å²) in [6, 6.07) is 6.89. The highest BCUT2D eigenvalue weighted by Gasteiger charge is 2.28. The van der Waals surface area contributed by atoms with Crippen LogP contribution in [0.5, 0.6) is 0 Å². The predicted octanol–water partition coefficient (Wildman–Crippen LogP) is 0.545. The van der Waals surface area contributed by atoms with Crippen LogP contribution in [0.2, 0.25) is 0 Å². The van der Waals surface area contributed by atoms with E-state index < -0.39 is 10.0 Å². The molecule has 0 atom stereocenters. The molecule has 19 heavy (non-hydrogen) atoms. The lowest BCUT2D eigenvalue weighted by molar-refractivity contribution is 0.267. The van der Waals surface area contributed by atoms with Gasteiger partial charge in [-0.1, -0.05) is 17.7 Å². The van der Waals surface area contributed by atoms with Crippen molar-refractivity contribution in [2.45, 2.75) is 11.8 Å². The Morgan fingerprint density at radius 2 is 1.68 bits per heavy atom. The van der Waals surface area contributed by atoms with Crippen LogP contribution in [0.1, 0.15) is 5.56 Å². The molecular weight excluding hydrogens is 282 g/mol. The van der Waals surface area contributed by atoms with E-state index in [1.165, 1.54) is 4.31 Å². The smallest absolute Gasteiger partial charge is 0.243 e. The maximum Gasteiger partial charge on any atom is 0.243 e. The molecule has 2 rings (SSSR count). The molecule has 1 aliphatic heterocycles. The van der Waals surface area contributed by atoms with Crippen LogP contribution in [0.15, 0.2) is 29.2 Å². The van der Waals surface area contributed by atoms with Crippen molar-refractivity contribution in [3.8, 4) is 0 Å². The van der Waals surface area contributed by atoms with Gasteiger partial charge < -0.3 is 10.6 Å². The van der Waals surface area contributed by atoms with E-state index in [1.807, 2.05) is 11.8 Å².